The minimum absolute atomic E-state index is 0.0205. The molecule has 0 spiro atoms. The Balaban J connectivity index is 2.43. The van der Waals surface area contributed by atoms with Crippen LogP contribution in [0.1, 0.15) is 26.2 Å². The van der Waals surface area contributed by atoms with Crippen LogP contribution >= 0.6 is 22.6 Å². The summed E-state index contributed by atoms with van der Waals surface area (Å²) in [6.45, 7) is 2.36. The Kier molecular flexibility index (Phi) is 4.17. The quantitative estimate of drug-likeness (QED) is 0.487. The molecule has 1 aliphatic heterocycles. The Morgan fingerprint density at radius 1 is 1.50 bits per heavy atom. The number of hydrogen-bond donors (Lipinski definition) is 1. The molecule has 1 aliphatic rings. The van der Waals surface area contributed by atoms with Crippen LogP contribution in [0.3, 0.4) is 0 Å². The number of rotatable bonds is 3. The van der Waals surface area contributed by atoms with Crippen LogP contribution in [-0.2, 0) is 4.79 Å². The second-order valence-electron chi connectivity index (χ2n) is 5.08. The molecule has 1 atom stereocenters. The van der Waals surface area contributed by atoms with Gasteiger partial charge in [0.15, 0.2) is 0 Å². The molecule has 2 rings (SSSR count). The summed E-state index contributed by atoms with van der Waals surface area (Å²) in [7, 11) is 0. The number of carbonyl (C=O) groups is 1. The van der Waals surface area contributed by atoms with E-state index in [9.17, 15) is 20.0 Å². The number of aliphatic carboxylic acids is 1. The molecule has 1 saturated heterocycles. The Bertz CT molecular complexity index is 563. The fourth-order valence-electron chi connectivity index (χ4n) is 2.56. The summed E-state index contributed by atoms with van der Waals surface area (Å²) in [4.78, 5) is 23.8. The molecular formula is C13H15IN2O4. The Labute approximate surface area is 130 Å². The molecular weight excluding hydrogens is 375 g/mol. The summed E-state index contributed by atoms with van der Waals surface area (Å²) in [6.07, 6.45) is 2.38. The van der Waals surface area contributed by atoms with Crippen LogP contribution in [0.25, 0.3) is 0 Å². The Morgan fingerprint density at radius 3 is 2.75 bits per heavy atom. The lowest BCUT2D eigenvalue weighted by atomic mass is 9.88. The van der Waals surface area contributed by atoms with Crippen molar-refractivity contribution in [3.63, 3.8) is 0 Å². The number of carboxylic acids is 1. The third-order valence-electron chi connectivity index (χ3n) is 3.78. The summed E-state index contributed by atoms with van der Waals surface area (Å²) in [5.74, 6) is -0.855. The van der Waals surface area contributed by atoms with E-state index in [1.807, 2.05) is 27.5 Å². The number of non-ortho nitro benzene ring substituents is 1. The molecule has 0 amide bonds. The van der Waals surface area contributed by atoms with Gasteiger partial charge in [-0.1, -0.05) is 0 Å². The zero-order valence-corrected chi connectivity index (χ0v) is 13.2. The average molecular weight is 390 g/mol. The third-order valence-corrected chi connectivity index (χ3v) is 4.65. The zero-order chi connectivity index (χ0) is 14.9. The highest BCUT2D eigenvalue weighted by Crippen LogP contribution is 2.36. The molecule has 0 aliphatic carbocycles. The van der Waals surface area contributed by atoms with Gasteiger partial charge in [0.25, 0.3) is 5.69 Å². The van der Waals surface area contributed by atoms with E-state index in [0.29, 0.717) is 16.5 Å². The van der Waals surface area contributed by atoms with Crippen LogP contribution in [0, 0.1) is 13.7 Å². The van der Waals surface area contributed by atoms with E-state index >= 15 is 0 Å². The van der Waals surface area contributed by atoms with Gasteiger partial charge in [-0.15, -0.1) is 0 Å². The molecule has 6 nitrogen and oxygen atoms in total. The van der Waals surface area contributed by atoms with Gasteiger partial charge in [0.2, 0.25) is 0 Å². The Morgan fingerprint density at radius 2 is 2.20 bits per heavy atom. The smallest absolute Gasteiger partial charge is 0.329 e. The number of nitro benzene ring substituents is 1. The molecule has 0 bridgehead atoms. The summed E-state index contributed by atoms with van der Waals surface area (Å²) >= 11 is 2.02. The van der Waals surface area contributed by atoms with Gasteiger partial charge in [-0.2, -0.15) is 0 Å². The van der Waals surface area contributed by atoms with Gasteiger partial charge in [0, 0.05) is 22.2 Å². The molecule has 20 heavy (non-hydrogen) atoms. The normalized spacial score (nSPS) is 22.6. The van der Waals surface area contributed by atoms with Crippen molar-refractivity contribution in [1.29, 1.82) is 0 Å². The van der Waals surface area contributed by atoms with Crippen molar-refractivity contribution in [3.05, 3.63) is 31.9 Å². The van der Waals surface area contributed by atoms with Crippen molar-refractivity contribution in [2.45, 2.75) is 31.7 Å². The number of halogens is 1. The molecule has 1 heterocycles. The average Bonchev–Trinajstić information content (AvgIpc) is 2.39. The SMILES string of the molecule is CC1(C(=O)O)CCCCN1c1ccc([N+](=O)[O-])cc1I. The lowest BCUT2D eigenvalue weighted by Crippen LogP contribution is -2.55. The zero-order valence-electron chi connectivity index (χ0n) is 11.0. The first-order chi connectivity index (χ1) is 9.36. The van der Waals surface area contributed by atoms with Crippen molar-refractivity contribution in [3.8, 4) is 0 Å². The van der Waals surface area contributed by atoms with Gasteiger partial charge in [-0.25, -0.2) is 4.79 Å². The van der Waals surface area contributed by atoms with Crippen LogP contribution in [0.15, 0.2) is 18.2 Å². The summed E-state index contributed by atoms with van der Waals surface area (Å²) in [5.41, 5.74) is -0.179. The van der Waals surface area contributed by atoms with Gasteiger partial charge < -0.3 is 10.0 Å². The van der Waals surface area contributed by atoms with Crippen LogP contribution < -0.4 is 4.90 Å². The Hall–Kier alpha value is -1.38. The fraction of sp³-hybridized carbons (Fsp3) is 0.462. The van der Waals surface area contributed by atoms with Crippen molar-refractivity contribution < 1.29 is 14.8 Å². The minimum atomic E-state index is -0.950. The lowest BCUT2D eigenvalue weighted by Gasteiger charge is -2.43. The van der Waals surface area contributed by atoms with E-state index < -0.39 is 16.4 Å². The maximum absolute atomic E-state index is 11.6. The monoisotopic (exact) mass is 390 g/mol. The number of anilines is 1. The van der Waals surface area contributed by atoms with E-state index in [0.717, 1.165) is 18.5 Å². The summed E-state index contributed by atoms with van der Waals surface area (Å²) in [5, 5.41) is 20.3. The van der Waals surface area contributed by atoms with Crippen molar-refractivity contribution in [2.24, 2.45) is 0 Å². The van der Waals surface area contributed by atoms with Gasteiger partial charge in [-0.3, -0.25) is 10.1 Å². The van der Waals surface area contributed by atoms with Crippen LogP contribution in [0.2, 0.25) is 0 Å². The molecule has 0 radical (unpaired) electrons. The molecule has 0 aromatic heterocycles. The standard InChI is InChI=1S/C13H15IN2O4/c1-13(12(17)18)6-2-3-7-15(13)11-5-4-9(16(19)20)8-10(11)14/h4-5,8H,2-3,6-7H2,1H3,(H,17,18). The van der Waals surface area contributed by atoms with Crippen LogP contribution in [-0.4, -0.2) is 28.1 Å². The molecule has 7 heteroatoms. The number of nitro groups is 1. The predicted octanol–water partition coefficient (Wildman–Crippen LogP) is 3.03. The first-order valence-electron chi connectivity index (χ1n) is 6.31. The number of carboxylic acid groups (broad SMARTS) is 1. The van der Waals surface area contributed by atoms with Gasteiger partial charge >= 0.3 is 5.97 Å². The van der Waals surface area contributed by atoms with Crippen LogP contribution in [0.4, 0.5) is 11.4 Å². The third kappa shape index (κ3) is 2.58. The van der Waals surface area contributed by atoms with E-state index in [4.69, 9.17) is 0 Å². The van der Waals surface area contributed by atoms with E-state index in [1.165, 1.54) is 12.1 Å². The van der Waals surface area contributed by atoms with E-state index in [2.05, 4.69) is 0 Å². The van der Waals surface area contributed by atoms with Gasteiger partial charge in [0.1, 0.15) is 5.54 Å². The molecule has 1 aromatic rings. The topological polar surface area (TPSA) is 83.7 Å². The second-order valence-corrected chi connectivity index (χ2v) is 6.24. The van der Waals surface area contributed by atoms with Gasteiger partial charge in [-0.05, 0) is 54.8 Å². The fourth-order valence-corrected chi connectivity index (χ4v) is 3.35. The minimum Gasteiger partial charge on any atom is -0.480 e. The molecule has 1 unspecified atom stereocenters. The molecule has 108 valence electrons. The van der Waals surface area contributed by atoms with Crippen LogP contribution in [0.5, 0.6) is 0 Å². The van der Waals surface area contributed by atoms with E-state index in [1.54, 1.807) is 13.0 Å². The number of piperidine rings is 1. The van der Waals surface area contributed by atoms with Crippen molar-refractivity contribution >= 4 is 39.9 Å². The number of nitrogens with zero attached hydrogens (tertiary/aromatic N) is 2. The molecule has 0 saturated carbocycles. The van der Waals surface area contributed by atoms with Crippen molar-refractivity contribution in [1.82, 2.24) is 0 Å². The van der Waals surface area contributed by atoms with Crippen molar-refractivity contribution in [2.75, 3.05) is 11.4 Å². The highest BCUT2D eigenvalue weighted by Gasteiger charge is 2.42. The molecule has 1 aromatic carbocycles. The largest absolute Gasteiger partial charge is 0.480 e. The summed E-state index contributed by atoms with van der Waals surface area (Å²) < 4.78 is 0.700. The first-order valence-corrected chi connectivity index (χ1v) is 7.39. The first kappa shape index (κ1) is 15.0. The maximum Gasteiger partial charge on any atom is 0.329 e. The number of hydrogen-bond acceptors (Lipinski definition) is 4. The molecule has 1 N–H and O–H groups in total. The highest BCUT2D eigenvalue weighted by molar-refractivity contribution is 14.1. The maximum atomic E-state index is 11.6. The predicted molar refractivity (Wildman–Crippen MR) is 83.1 cm³/mol. The van der Waals surface area contributed by atoms with Gasteiger partial charge in [0.05, 0.1) is 10.6 Å². The summed E-state index contributed by atoms with van der Waals surface area (Å²) in [6, 6.07) is 4.55. The highest BCUT2D eigenvalue weighted by atomic mass is 127. The molecule has 1 fully saturated rings. The lowest BCUT2D eigenvalue weighted by molar-refractivity contribution is -0.384. The van der Waals surface area contributed by atoms with E-state index in [-0.39, 0.29) is 5.69 Å². The number of benzene rings is 1. The second kappa shape index (κ2) is 5.55.